The van der Waals surface area contributed by atoms with Gasteiger partial charge in [-0.05, 0) is 23.9 Å². The zero-order valence-corrected chi connectivity index (χ0v) is 17.9. The summed E-state index contributed by atoms with van der Waals surface area (Å²) >= 11 is 0. The van der Waals surface area contributed by atoms with Crippen LogP contribution in [0, 0.1) is 0 Å². The lowest BCUT2D eigenvalue weighted by Crippen LogP contribution is -2.63. The van der Waals surface area contributed by atoms with Crippen molar-refractivity contribution in [3.8, 4) is 0 Å². The predicted octanol–water partition coefficient (Wildman–Crippen LogP) is 5.22. The van der Waals surface area contributed by atoms with Gasteiger partial charge >= 0.3 is 18.3 Å². The molecule has 3 aromatic rings. The Bertz CT molecular complexity index is 1320. The van der Waals surface area contributed by atoms with Crippen molar-refractivity contribution in [3.63, 3.8) is 0 Å². The first kappa shape index (κ1) is 24.5. The molecular formula is C24H17F6NO4. The molecule has 0 aromatic heterocycles. The number of halogens is 6. The molecule has 35 heavy (non-hydrogen) atoms. The molecule has 0 saturated carbocycles. The second-order valence-corrected chi connectivity index (χ2v) is 7.89. The van der Waals surface area contributed by atoms with E-state index in [-0.39, 0.29) is 22.9 Å². The van der Waals surface area contributed by atoms with Crippen LogP contribution in [-0.2, 0) is 20.7 Å². The maximum atomic E-state index is 14.8. The van der Waals surface area contributed by atoms with E-state index in [2.05, 4.69) is 5.32 Å². The first-order chi connectivity index (χ1) is 16.3. The number of ketones is 1. The van der Waals surface area contributed by atoms with Crippen LogP contribution in [0.5, 0.6) is 0 Å². The van der Waals surface area contributed by atoms with Crippen LogP contribution < -0.4 is 5.32 Å². The fraction of sp³-hybridized carbons (Fsp3) is 0.250. The third-order valence-electron chi connectivity index (χ3n) is 5.99. The van der Waals surface area contributed by atoms with Gasteiger partial charge in [0.2, 0.25) is 11.1 Å². The molecule has 1 aliphatic heterocycles. The number of rotatable bonds is 4. The molecular weight excluding hydrogens is 480 g/mol. The lowest BCUT2D eigenvalue weighted by molar-refractivity contribution is -0.286. The molecule has 1 heterocycles. The first-order valence-corrected chi connectivity index (χ1v) is 10.3. The van der Waals surface area contributed by atoms with Gasteiger partial charge in [0, 0.05) is 22.2 Å². The van der Waals surface area contributed by atoms with Crippen molar-refractivity contribution in [1.82, 2.24) is 0 Å². The largest absolute Gasteiger partial charge is 0.464 e. The summed E-state index contributed by atoms with van der Waals surface area (Å²) < 4.78 is 89.3. The number of carbonyl (C=O) groups excluding carboxylic acids is 2. The Morgan fingerprint density at radius 2 is 1.51 bits per heavy atom. The van der Waals surface area contributed by atoms with Crippen LogP contribution in [0.25, 0.3) is 10.8 Å². The Kier molecular flexibility index (Phi) is 5.59. The molecule has 2 N–H and O–H groups in total. The maximum absolute atomic E-state index is 14.8. The van der Waals surface area contributed by atoms with Gasteiger partial charge in [0.25, 0.3) is 5.78 Å². The van der Waals surface area contributed by atoms with Crippen LogP contribution in [0.3, 0.4) is 0 Å². The van der Waals surface area contributed by atoms with E-state index in [0.29, 0.717) is 6.07 Å². The highest BCUT2D eigenvalue weighted by Gasteiger charge is 2.76. The van der Waals surface area contributed by atoms with Crippen LogP contribution in [0.1, 0.15) is 28.4 Å². The fourth-order valence-corrected chi connectivity index (χ4v) is 4.51. The molecule has 11 heteroatoms. The standard InChI is InChI=1S/C24H17F6NO4/c1-2-35-20(33)21(13-8-4-3-5-9-13)22(34,24(28,29)30)17-12-16(19(32)23(25,26)27)14-10-6-7-11-15(14)18(17)31-21/h3-12,31,34H,2H2,1H3. The van der Waals surface area contributed by atoms with Crippen molar-refractivity contribution in [2.24, 2.45) is 0 Å². The predicted molar refractivity (Wildman–Crippen MR) is 113 cm³/mol. The number of aliphatic hydroxyl groups is 1. The minimum Gasteiger partial charge on any atom is -0.464 e. The number of hydrogen-bond donors (Lipinski definition) is 2. The van der Waals surface area contributed by atoms with E-state index in [1.807, 2.05) is 0 Å². The van der Waals surface area contributed by atoms with E-state index < -0.39 is 52.1 Å². The van der Waals surface area contributed by atoms with E-state index in [9.17, 15) is 41.0 Å². The fourth-order valence-electron chi connectivity index (χ4n) is 4.51. The van der Waals surface area contributed by atoms with Crippen LogP contribution in [-0.4, -0.2) is 35.8 Å². The second kappa shape index (κ2) is 7.98. The van der Waals surface area contributed by atoms with Crippen molar-refractivity contribution >= 4 is 28.2 Å². The minimum atomic E-state index is -5.60. The summed E-state index contributed by atoms with van der Waals surface area (Å²) in [7, 11) is 0. The Morgan fingerprint density at radius 3 is 2.06 bits per heavy atom. The van der Waals surface area contributed by atoms with E-state index >= 15 is 0 Å². The average molecular weight is 497 g/mol. The molecule has 0 bridgehead atoms. The second-order valence-electron chi connectivity index (χ2n) is 7.89. The highest BCUT2D eigenvalue weighted by atomic mass is 19.4. The number of anilines is 1. The number of carbonyl (C=O) groups is 2. The normalized spacial score (nSPS) is 21.9. The molecule has 0 spiro atoms. The molecule has 184 valence electrons. The number of esters is 1. The van der Waals surface area contributed by atoms with Crippen LogP contribution in [0.15, 0.2) is 60.7 Å². The summed E-state index contributed by atoms with van der Waals surface area (Å²) in [5.74, 6) is -3.90. The lowest BCUT2D eigenvalue weighted by atomic mass is 9.72. The highest BCUT2D eigenvalue weighted by Crippen LogP contribution is 2.61. The van der Waals surface area contributed by atoms with Crippen molar-refractivity contribution < 1.29 is 45.8 Å². The molecule has 0 amide bonds. The summed E-state index contributed by atoms with van der Waals surface area (Å²) in [6, 6.07) is 11.7. The van der Waals surface area contributed by atoms with Gasteiger partial charge in [0.15, 0.2) is 0 Å². The Balaban J connectivity index is 2.18. The molecule has 5 nitrogen and oxygen atoms in total. The number of nitrogens with one attached hydrogen (secondary N) is 1. The molecule has 2 unspecified atom stereocenters. The molecule has 4 rings (SSSR count). The number of hydrogen-bond acceptors (Lipinski definition) is 5. The van der Waals surface area contributed by atoms with Crippen molar-refractivity contribution in [2.75, 3.05) is 11.9 Å². The van der Waals surface area contributed by atoms with Crippen molar-refractivity contribution in [3.05, 3.63) is 77.4 Å². The highest BCUT2D eigenvalue weighted by molar-refractivity contribution is 6.15. The zero-order valence-electron chi connectivity index (χ0n) is 17.9. The van der Waals surface area contributed by atoms with Crippen LogP contribution in [0.2, 0.25) is 0 Å². The number of Topliss-reactive ketones (excluding diaryl/α,β-unsaturated/α-hetero) is 1. The average Bonchev–Trinajstić information content (AvgIpc) is 3.09. The number of benzene rings is 3. The summed E-state index contributed by atoms with van der Waals surface area (Å²) in [5.41, 5.74) is -10.1. The van der Waals surface area contributed by atoms with E-state index in [1.54, 1.807) is 0 Å². The van der Waals surface area contributed by atoms with Gasteiger partial charge in [-0.2, -0.15) is 26.3 Å². The molecule has 1 aliphatic rings. The van der Waals surface area contributed by atoms with Gasteiger partial charge in [-0.1, -0.05) is 54.6 Å². The Hall–Kier alpha value is -3.60. The van der Waals surface area contributed by atoms with E-state index in [1.165, 1.54) is 43.3 Å². The quantitative estimate of drug-likeness (QED) is 0.294. The number of fused-ring (bicyclic) bond motifs is 3. The molecule has 0 fully saturated rings. The van der Waals surface area contributed by atoms with Gasteiger partial charge < -0.3 is 15.2 Å². The third kappa shape index (κ3) is 3.36. The summed E-state index contributed by atoms with van der Waals surface area (Å²) in [6.45, 7) is 0.999. The van der Waals surface area contributed by atoms with Gasteiger partial charge in [0.1, 0.15) is 0 Å². The van der Waals surface area contributed by atoms with Gasteiger partial charge in [0.05, 0.1) is 6.61 Å². The molecule has 0 saturated heterocycles. The third-order valence-corrected chi connectivity index (χ3v) is 5.99. The Morgan fingerprint density at radius 1 is 0.943 bits per heavy atom. The number of alkyl halides is 6. The topological polar surface area (TPSA) is 75.6 Å². The lowest BCUT2D eigenvalue weighted by Gasteiger charge is -2.41. The van der Waals surface area contributed by atoms with Crippen LogP contribution in [0.4, 0.5) is 32.0 Å². The Labute approximate surface area is 194 Å². The smallest absolute Gasteiger partial charge is 0.454 e. The monoisotopic (exact) mass is 497 g/mol. The minimum absolute atomic E-state index is 0.220. The number of ether oxygens (including phenoxy) is 1. The molecule has 3 aromatic carbocycles. The zero-order chi connectivity index (χ0) is 25.8. The van der Waals surface area contributed by atoms with Crippen molar-refractivity contribution in [1.29, 1.82) is 0 Å². The molecule has 0 radical (unpaired) electrons. The van der Waals surface area contributed by atoms with E-state index in [4.69, 9.17) is 4.74 Å². The maximum Gasteiger partial charge on any atom is 0.454 e. The van der Waals surface area contributed by atoms with Gasteiger partial charge in [-0.15, -0.1) is 0 Å². The van der Waals surface area contributed by atoms with Crippen LogP contribution >= 0.6 is 0 Å². The summed E-state index contributed by atoms with van der Waals surface area (Å²) in [5, 5.41) is 13.4. The van der Waals surface area contributed by atoms with E-state index in [0.717, 1.165) is 18.2 Å². The van der Waals surface area contributed by atoms with Gasteiger partial charge in [-0.25, -0.2) is 4.79 Å². The molecule has 0 aliphatic carbocycles. The first-order valence-electron chi connectivity index (χ1n) is 10.3. The molecule has 2 atom stereocenters. The summed E-state index contributed by atoms with van der Waals surface area (Å²) in [4.78, 5) is 25.4. The van der Waals surface area contributed by atoms with Crippen molar-refractivity contribution in [2.45, 2.75) is 30.4 Å². The SMILES string of the molecule is CCOC(=O)C1(c2ccccc2)Nc2c(cc(C(=O)C(F)(F)F)c3ccccc23)C1(O)C(F)(F)F. The summed E-state index contributed by atoms with van der Waals surface area (Å²) in [6.07, 6.45) is -11.0. The van der Waals surface area contributed by atoms with Gasteiger partial charge in [-0.3, -0.25) is 4.79 Å².